The summed E-state index contributed by atoms with van der Waals surface area (Å²) < 4.78 is 0.786. The molecule has 18 heavy (non-hydrogen) atoms. The summed E-state index contributed by atoms with van der Waals surface area (Å²) in [6.45, 7) is 3.02. The maximum absolute atomic E-state index is 12.6. The lowest BCUT2D eigenvalue weighted by Gasteiger charge is -2.29. The van der Waals surface area contributed by atoms with E-state index in [4.69, 9.17) is 0 Å². The number of carbonyl (C=O) groups is 1. The molecule has 0 aliphatic carbocycles. The van der Waals surface area contributed by atoms with Gasteiger partial charge >= 0.3 is 0 Å². The summed E-state index contributed by atoms with van der Waals surface area (Å²) in [5.41, 5.74) is 0.540. The van der Waals surface area contributed by atoms with E-state index in [-0.39, 0.29) is 5.91 Å². The van der Waals surface area contributed by atoms with Crippen LogP contribution in [0.2, 0.25) is 0 Å². The molecule has 1 aromatic rings. The van der Waals surface area contributed by atoms with Gasteiger partial charge in [0, 0.05) is 23.3 Å². The van der Waals surface area contributed by atoms with Crippen LogP contribution in [0.5, 0.6) is 0 Å². The molecule has 1 fully saturated rings. The number of hydrogen-bond donors (Lipinski definition) is 0. The third-order valence-corrected chi connectivity index (χ3v) is 4.21. The van der Waals surface area contributed by atoms with Gasteiger partial charge in [-0.25, -0.2) is 4.98 Å². The predicted molar refractivity (Wildman–Crippen MR) is 75.5 cm³/mol. The summed E-state index contributed by atoms with van der Waals surface area (Å²) in [5.74, 6) is 0.0659. The molecule has 1 atom stereocenters. The first-order chi connectivity index (χ1) is 8.74. The highest BCUT2D eigenvalue weighted by Crippen LogP contribution is 2.23. The zero-order valence-corrected chi connectivity index (χ0v) is 12.3. The van der Waals surface area contributed by atoms with Gasteiger partial charge in [-0.1, -0.05) is 19.8 Å². The Hall–Kier alpha value is -0.900. The van der Waals surface area contributed by atoms with Gasteiger partial charge in [0.25, 0.3) is 5.91 Å². The van der Waals surface area contributed by atoms with Crippen molar-refractivity contribution < 1.29 is 4.79 Å². The fourth-order valence-corrected chi connectivity index (χ4v) is 2.97. The maximum atomic E-state index is 12.6. The highest BCUT2D eigenvalue weighted by atomic mass is 79.9. The number of aromatic nitrogens is 1. The largest absolute Gasteiger partial charge is 0.334 e. The number of carbonyl (C=O) groups excluding carboxylic acids is 1. The number of hydrogen-bond acceptors (Lipinski definition) is 2. The summed E-state index contributed by atoms with van der Waals surface area (Å²) in [5, 5.41) is 0. The van der Waals surface area contributed by atoms with Gasteiger partial charge in [-0.05, 0) is 47.3 Å². The molecule has 98 valence electrons. The Morgan fingerprint density at radius 2 is 2.33 bits per heavy atom. The van der Waals surface area contributed by atoms with Crippen LogP contribution in [0, 0.1) is 0 Å². The van der Waals surface area contributed by atoms with Gasteiger partial charge in [-0.3, -0.25) is 4.79 Å². The van der Waals surface area contributed by atoms with Gasteiger partial charge in [-0.2, -0.15) is 0 Å². The molecule has 0 bridgehead atoms. The molecule has 1 unspecified atom stereocenters. The van der Waals surface area contributed by atoms with Crippen LogP contribution < -0.4 is 0 Å². The molecule has 0 N–H and O–H groups in total. The summed E-state index contributed by atoms with van der Waals surface area (Å²) in [7, 11) is 0. The van der Waals surface area contributed by atoms with E-state index in [0.717, 1.165) is 30.3 Å². The number of rotatable bonds is 2. The third kappa shape index (κ3) is 2.91. The van der Waals surface area contributed by atoms with Crippen molar-refractivity contribution in [2.75, 3.05) is 6.54 Å². The summed E-state index contributed by atoms with van der Waals surface area (Å²) in [6, 6.07) is 4.08. The molecule has 1 aromatic heterocycles. The van der Waals surface area contributed by atoms with Gasteiger partial charge < -0.3 is 4.90 Å². The maximum Gasteiger partial charge on any atom is 0.273 e. The van der Waals surface area contributed by atoms with Crippen molar-refractivity contribution >= 4 is 21.8 Å². The lowest BCUT2D eigenvalue weighted by Crippen LogP contribution is -2.40. The van der Waals surface area contributed by atoms with Crippen LogP contribution >= 0.6 is 15.9 Å². The van der Waals surface area contributed by atoms with E-state index in [1.807, 2.05) is 17.0 Å². The Labute approximate surface area is 117 Å². The predicted octanol–water partition coefficient (Wildman–Crippen LogP) is 3.64. The molecular formula is C14H19BrN2O. The van der Waals surface area contributed by atoms with Gasteiger partial charge in [-0.15, -0.1) is 0 Å². The van der Waals surface area contributed by atoms with E-state index in [1.165, 1.54) is 12.8 Å². The fourth-order valence-electron chi connectivity index (χ4n) is 2.55. The van der Waals surface area contributed by atoms with Gasteiger partial charge in [0.2, 0.25) is 0 Å². The average Bonchev–Trinajstić information content (AvgIpc) is 2.63. The molecule has 0 radical (unpaired) electrons. The van der Waals surface area contributed by atoms with Gasteiger partial charge in [0.15, 0.2) is 0 Å². The minimum absolute atomic E-state index is 0.0659. The summed E-state index contributed by atoms with van der Waals surface area (Å²) in [4.78, 5) is 18.8. The normalized spacial score (nSPS) is 20.6. The molecule has 1 aliphatic heterocycles. The second-order valence-electron chi connectivity index (χ2n) is 4.74. The summed E-state index contributed by atoms with van der Waals surface area (Å²) in [6.07, 6.45) is 7.38. The standard InChI is InChI=1S/C14H19BrN2O/c1-2-11-7-4-3-5-10-17(11)14(18)13-12(15)8-6-9-16-13/h6,8-9,11H,2-5,7,10H2,1H3. The molecule has 4 heteroatoms. The third-order valence-electron chi connectivity index (χ3n) is 3.57. The zero-order valence-electron chi connectivity index (χ0n) is 10.7. The molecule has 0 spiro atoms. The molecule has 1 amide bonds. The number of amides is 1. The smallest absolute Gasteiger partial charge is 0.273 e. The quantitative estimate of drug-likeness (QED) is 0.835. The Morgan fingerprint density at radius 3 is 3.06 bits per heavy atom. The minimum atomic E-state index is 0.0659. The molecular weight excluding hydrogens is 292 g/mol. The van der Waals surface area contributed by atoms with E-state index in [2.05, 4.69) is 27.8 Å². The number of likely N-dealkylation sites (tertiary alicyclic amines) is 1. The topological polar surface area (TPSA) is 33.2 Å². The Bertz CT molecular complexity index is 422. The Morgan fingerprint density at radius 1 is 1.50 bits per heavy atom. The van der Waals surface area contributed by atoms with E-state index in [9.17, 15) is 4.79 Å². The van der Waals surface area contributed by atoms with E-state index in [0.29, 0.717) is 11.7 Å². The lowest BCUT2D eigenvalue weighted by molar-refractivity contribution is 0.0671. The van der Waals surface area contributed by atoms with Crippen molar-refractivity contribution in [3.63, 3.8) is 0 Å². The molecule has 1 aliphatic rings. The SMILES string of the molecule is CCC1CCCCCN1C(=O)c1ncccc1Br. The molecule has 0 aromatic carbocycles. The van der Waals surface area contributed by atoms with Gasteiger partial charge in [0.1, 0.15) is 5.69 Å². The van der Waals surface area contributed by atoms with Crippen LogP contribution in [0.1, 0.15) is 49.5 Å². The van der Waals surface area contributed by atoms with Crippen molar-refractivity contribution in [2.45, 2.75) is 45.1 Å². The van der Waals surface area contributed by atoms with Crippen LogP contribution in [0.4, 0.5) is 0 Å². The summed E-state index contributed by atoms with van der Waals surface area (Å²) >= 11 is 3.41. The monoisotopic (exact) mass is 310 g/mol. The number of halogens is 1. The molecule has 2 rings (SSSR count). The fraction of sp³-hybridized carbons (Fsp3) is 0.571. The molecule has 3 nitrogen and oxygen atoms in total. The van der Waals surface area contributed by atoms with Crippen LogP contribution in [0.15, 0.2) is 22.8 Å². The van der Waals surface area contributed by atoms with Crippen molar-refractivity contribution in [1.82, 2.24) is 9.88 Å². The van der Waals surface area contributed by atoms with Crippen molar-refractivity contribution in [2.24, 2.45) is 0 Å². The van der Waals surface area contributed by atoms with Crippen LogP contribution in [-0.4, -0.2) is 28.4 Å². The van der Waals surface area contributed by atoms with Crippen molar-refractivity contribution in [3.05, 3.63) is 28.5 Å². The Kier molecular flexibility index (Phi) is 4.75. The highest BCUT2D eigenvalue weighted by molar-refractivity contribution is 9.10. The van der Waals surface area contributed by atoms with Crippen LogP contribution in [0.3, 0.4) is 0 Å². The zero-order chi connectivity index (χ0) is 13.0. The second kappa shape index (κ2) is 6.32. The first-order valence-electron chi connectivity index (χ1n) is 6.65. The first kappa shape index (κ1) is 13.5. The van der Waals surface area contributed by atoms with Crippen molar-refractivity contribution in [1.29, 1.82) is 0 Å². The van der Waals surface area contributed by atoms with E-state index >= 15 is 0 Å². The first-order valence-corrected chi connectivity index (χ1v) is 7.44. The average molecular weight is 311 g/mol. The van der Waals surface area contributed by atoms with Crippen LogP contribution in [-0.2, 0) is 0 Å². The molecule has 0 saturated carbocycles. The van der Waals surface area contributed by atoms with Crippen molar-refractivity contribution in [3.8, 4) is 0 Å². The van der Waals surface area contributed by atoms with Crippen LogP contribution in [0.25, 0.3) is 0 Å². The molecule has 2 heterocycles. The Balaban J connectivity index is 2.23. The molecule has 1 saturated heterocycles. The highest BCUT2D eigenvalue weighted by Gasteiger charge is 2.26. The number of pyridine rings is 1. The minimum Gasteiger partial charge on any atom is -0.334 e. The lowest BCUT2D eigenvalue weighted by atomic mass is 10.1. The van der Waals surface area contributed by atoms with E-state index in [1.54, 1.807) is 6.20 Å². The van der Waals surface area contributed by atoms with Gasteiger partial charge in [0.05, 0.1) is 0 Å². The van der Waals surface area contributed by atoms with E-state index < -0.39 is 0 Å². The second-order valence-corrected chi connectivity index (χ2v) is 5.60. The number of nitrogens with zero attached hydrogens (tertiary/aromatic N) is 2.